The van der Waals surface area contributed by atoms with Crippen LogP contribution < -0.4 is 30.5 Å². The van der Waals surface area contributed by atoms with E-state index in [1.807, 2.05) is 4.90 Å². The highest BCUT2D eigenvalue weighted by Crippen LogP contribution is 2.40. The first-order chi connectivity index (χ1) is 18.2. The standard InChI is InChI=1S/C24H25FN6O7/c1-27-13-38-23-20-14(22(34)15(24(35)36)12-31(20)27)11-16(25)21(23)29-9-7-28(8-10-29)17-3-4-18(32)30(26-17)6-5-19(33)37-2/h3-4,11-12H,5-10,13H2,1-2H3,(H,35,36). The van der Waals surface area contributed by atoms with E-state index >= 15 is 4.39 Å². The summed E-state index contributed by atoms with van der Waals surface area (Å²) in [4.78, 5) is 51.8. The summed E-state index contributed by atoms with van der Waals surface area (Å²) in [5.41, 5.74) is -1.09. The molecule has 2 aliphatic rings. The van der Waals surface area contributed by atoms with E-state index in [0.717, 1.165) is 6.07 Å². The van der Waals surface area contributed by atoms with Gasteiger partial charge >= 0.3 is 11.9 Å². The zero-order valence-electron chi connectivity index (χ0n) is 20.7. The molecule has 2 aromatic heterocycles. The first-order valence-corrected chi connectivity index (χ1v) is 11.8. The van der Waals surface area contributed by atoms with Crippen LogP contribution in [0.25, 0.3) is 10.9 Å². The van der Waals surface area contributed by atoms with Gasteiger partial charge in [-0.2, -0.15) is 5.10 Å². The van der Waals surface area contributed by atoms with Gasteiger partial charge in [0.2, 0.25) is 5.43 Å². The second kappa shape index (κ2) is 9.68. The van der Waals surface area contributed by atoms with Crippen LogP contribution in [0.4, 0.5) is 15.9 Å². The minimum atomic E-state index is -1.40. The van der Waals surface area contributed by atoms with Crippen molar-refractivity contribution in [3.05, 3.63) is 56.4 Å². The van der Waals surface area contributed by atoms with Gasteiger partial charge in [-0.1, -0.05) is 0 Å². The minimum Gasteiger partial charge on any atom is -0.477 e. The molecule has 0 amide bonds. The molecular weight excluding hydrogens is 503 g/mol. The van der Waals surface area contributed by atoms with E-state index in [-0.39, 0.29) is 42.1 Å². The van der Waals surface area contributed by atoms with Crippen LogP contribution in [0.3, 0.4) is 0 Å². The lowest BCUT2D eigenvalue weighted by Crippen LogP contribution is -2.48. The SMILES string of the molecule is COC(=O)CCn1nc(N2CCN(c3c(F)cc4c(=O)c(C(=O)O)cn5c4c3OCN5C)CC2)ccc1=O. The van der Waals surface area contributed by atoms with Gasteiger partial charge in [-0.3, -0.25) is 24.1 Å². The molecule has 13 nitrogen and oxygen atoms in total. The molecule has 0 atom stereocenters. The number of esters is 1. The Labute approximate surface area is 214 Å². The number of pyridine rings is 1. The molecule has 1 aromatic carbocycles. The molecule has 0 radical (unpaired) electrons. The van der Waals surface area contributed by atoms with Crippen molar-refractivity contribution in [2.75, 3.05) is 61.9 Å². The third-order valence-corrected chi connectivity index (χ3v) is 6.67. The number of rotatable bonds is 6. The predicted molar refractivity (Wildman–Crippen MR) is 134 cm³/mol. The van der Waals surface area contributed by atoms with Crippen LogP contribution in [0.5, 0.6) is 5.75 Å². The number of aromatic carboxylic acids is 1. The summed E-state index contributed by atoms with van der Waals surface area (Å²) >= 11 is 0. The van der Waals surface area contributed by atoms with E-state index in [9.17, 15) is 24.3 Å². The number of carboxylic acids is 1. The molecule has 5 rings (SSSR count). The maximum atomic E-state index is 15.5. The molecular formula is C24H25FN6O7. The van der Waals surface area contributed by atoms with E-state index in [0.29, 0.717) is 37.5 Å². The summed E-state index contributed by atoms with van der Waals surface area (Å²) in [5, 5.41) is 15.3. The fourth-order valence-corrected chi connectivity index (χ4v) is 4.70. The molecule has 0 spiro atoms. The summed E-state index contributed by atoms with van der Waals surface area (Å²) in [6, 6.07) is 4.05. The van der Waals surface area contributed by atoms with E-state index in [2.05, 4.69) is 9.84 Å². The molecule has 2 aliphatic heterocycles. The largest absolute Gasteiger partial charge is 0.477 e. The molecule has 200 valence electrons. The zero-order valence-corrected chi connectivity index (χ0v) is 20.7. The fourth-order valence-electron chi connectivity index (χ4n) is 4.70. The summed E-state index contributed by atoms with van der Waals surface area (Å²) in [6.45, 7) is 1.77. The molecule has 0 bridgehead atoms. The number of aryl methyl sites for hydroxylation is 1. The molecule has 0 saturated carbocycles. The average molecular weight is 528 g/mol. The Morgan fingerprint density at radius 3 is 2.55 bits per heavy atom. The Balaban J connectivity index is 1.44. The summed E-state index contributed by atoms with van der Waals surface area (Å²) in [5.74, 6) is -1.81. The second-order valence-electron chi connectivity index (χ2n) is 8.94. The monoisotopic (exact) mass is 528 g/mol. The lowest BCUT2D eigenvalue weighted by molar-refractivity contribution is -0.140. The number of hydrogen-bond acceptors (Lipinski definition) is 10. The molecule has 1 fully saturated rings. The van der Waals surface area contributed by atoms with Gasteiger partial charge in [0.25, 0.3) is 5.56 Å². The molecule has 0 aliphatic carbocycles. The number of nitrogens with zero attached hydrogens (tertiary/aromatic N) is 6. The van der Waals surface area contributed by atoms with Gasteiger partial charge < -0.3 is 24.4 Å². The van der Waals surface area contributed by atoms with Crippen molar-refractivity contribution >= 4 is 34.3 Å². The summed E-state index contributed by atoms with van der Waals surface area (Å²) < 4.78 is 28.7. The number of anilines is 2. The number of carbonyl (C=O) groups excluding carboxylic acids is 1. The quantitative estimate of drug-likeness (QED) is 0.439. The van der Waals surface area contributed by atoms with Gasteiger partial charge in [-0.05, 0) is 12.1 Å². The highest BCUT2D eigenvalue weighted by Gasteiger charge is 2.31. The van der Waals surface area contributed by atoms with Crippen LogP contribution in [0.1, 0.15) is 16.8 Å². The summed E-state index contributed by atoms with van der Waals surface area (Å²) in [7, 11) is 2.94. The zero-order chi connectivity index (χ0) is 27.1. The van der Waals surface area contributed by atoms with Gasteiger partial charge in [0.15, 0.2) is 18.3 Å². The van der Waals surface area contributed by atoms with Crippen molar-refractivity contribution in [1.29, 1.82) is 0 Å². The third kappa shape index (κ3) is 4.27. The molecule has 3 aromatic rings. The average Bonchev–Trinajstić information content (AvgIpc) is 2.91. The Bertz CT molecular complexity index is 1560. The normalized spacial score (nSPS) is 15.0. The molecule has 14 heteroatoms. The van der Waals surface area contributed by atoms with E-state index < -0.39 is 28.7 Å². The number of methoxy groups -OCH3 is 1. The maximum Gasteiger partial charge on any atom is 0.341 e. The van der Waals surface area contributed by atoms with Crippen LogP contribution in [-0.2, 0) is 16.1 Å². The van der Waals surface area contributed by atoms with Gasteiger partial charge in [0.1, 0.15) is 22.6 Å². The first-order valence-electron chi connectivity index (χ1n) is 11.8. The Hall–Kier alpha value is -4.62. The van der Waals surface area contributed by atoms with Crippen LogP contribution in [0.15, 0.2) is 34.0 Å². The topological polar surface area (TPSA) is 139 Å². The van der Waals surface area contributed by atoms with Gasteiger partial charge in [0, 0.05) is 45.5 Å². The Morgan fingerprint density at radius 2 is 1.87 bits per heavy atom. The molecule has 1 N–H and O–H groups in total. The van der Waals surface area contributed by atoms with E-state index in [4.69, 9.17) is 4.74 Å². The van der Waals surface area contributed by atoms with Crippen molar-refractivity contribution < 1.29 is 28.6 Å². The minimum absolute atomic E-state index is 0.0128. The number of benzene rings is 1. The molecule has 4 heterocycles. The number of carboxylic acid groups (broad SMARTS) is 1. The lowest BCUT2D eigenvalue weighted by Gasteiger charge is -2.39. The number of hydrogen-bond donors (Lipinski definition) is 1. The molecule has 0 unspecified atom stereocenters. The number of piperazine rings is 1. The van der Waals surface area contributed by atoms with Crippen molar-refractivity contribution in [2.24, 2.45) is 0 Å². The van der Waals surface area contributed by atoms with Crippen LogP contribution in [-0.4, -0.2) is 78.6 Å². The van der Waals surface area contributed by atoms with Crippen molar-refractivity contribution in [3.8, 4) is 5.75 Å². The van der Waals surface area contributed by atoms with Crippen LogP contribution in [0, 0.1) is 5.82 Å². The molecule has 38 heavy (non-hydrogen) atoms. The fraction of sp³-hybridized carbons (Fsp3) is 0.375. The predicted octanol–water partition coefficient (Wildman–Crippen LogP) is 0.203. The van der Waals surface area contributed by atoms with Crippen molar-refractivity contribution in [3.63, 3.8) is 0 Å². The number of halogens is 1. The highest BCUT2D eigenvalue weighted by atomic mass is 19.1. The third-order valence-electron chi connectivity index (χ3n) is 6.67. The van der Waals surface area contributed by atoms with Gasteiger partial charge in [-0.15, -0.1) is 0 Å². The highest BCUT2D eigenvalue weighted by molar-refractivity contribution is 5.97. The lowest BCUT2D eigenvalue weighted by atomic mass is 10.1. The van der Waals surface area contributed by atoms with Gasteiger partial charge in [-0.25, -0.2) is 13.9 Å². The van der Waals surface area contributed by atoms with Crippen molar-refractivity contribution in [1.82, 2.24) is 14.5 Å². The van der Waals surface area contributed by atoms with Crippen LogP contribution >= 0.6 is 0 Å². The van der Waals surface area contributed by atoms with E-state index in [1.165, 1.54) is 28.7 Å². The first kappa shape index (κ1) is 25.0. The maximum absolute atomic E-state index is 15.5. The summed E-state index contributed by atoms with van der Waals surface area (Å²) in [6.07, 6.45) is 1.23. The van der Waals surface area contributed by atoms with Crippen LogP contribution in [0.2, 0.25) is 0 Å². The van der Waals surface area contributed by atoms with Crippen molar-refractivity contribution in [2.45, 2.75) is 13.0 Å². The number of ether oxygens (including phenoxy) is 2. The smallest absolute Gasteiger partial charge is 0.341 e. The Morgan fingerprint density at radius 1 is 1.16 bits per heavy atom. The van der Waals surface area contributed by atoms with Gasteiger partial charge in [0.05, 0.1) is 25.5 Å². The second-order valence-corrected chi connectivity index (χ2v) is 8.94. The molecule has 1 saturated heterocycles. The van der Waals surface area contributed by atoms with E-state index in [1.54, 1.807) is 23.0 Å². The number of carbonyl (C=O) groups is 2. The Kier molecular flexibility index (Phi) is 6.38. The number of aromatic nitrogens is 3.